The summed E-state index contributed by atoms with van der Waals surface area (Å²) in [5.41, 5.74) is -0.345. The molecule has 1 aliphatic rings. The minimum Gasteiger partial charge on any atom is -0.502 e. The summed E-state index contributed by atoms with van der Waals surface area (Å²) in [6.45, 7) is 0. The molecule has 2 rings (SSSR count). The first kappa shape index (κ1) is 5.96. The molecule has 5 nitrogen and oxygen atoms in total. The number of phenols is 1. The van der Waals surface area contributed by atoms with Gasteiger partial charge in [-0.05, 0) is 12.1 Å². The molecule has 56 valence electrons. The van der Waals surface area contributed by atoms with E-state index in [0.29, 0.717) is 5.75 Å². The second-order valence-electron chi connectivity index (χ2n) is 2.12. The van der Waals surface area contributed by atoms with Gasteiger partial charge in [-0.25, -0.2) is 0 Å². The van der Waals surface area contributed by atoms with Crippen molar-refractivity contribution in [2.24, 2.45) is 0 Å². The van der Waals surface area contributed by atoms with Crippen molar-refractivity contribution in [2.75, 3.05) is 0 Å². The Morgan fingerprint density at radius 1 is 1.55 bits per heavy atom. The molecule has 0 atom stereocenters. The highest BCUT2D eigenvalue weighted by Gasteiger charge is 2.35. The Labute approximate surface area is 61.0 Å². The van der Waals surface area contributed by atoms with Gasteiger partial charge in [0, 0.05) is 0 Å². The molecular formula is C6H3NO4. The van der Waals surface area contributed by atoms with Crippen LogP contribution in [0.15, 0.2) is 12.1 Å². The number of nitro benzene ring substituents is 1. The second kappa shape index (κ2) is 1.63. The van der Waals surface area contributed by atoms with Gasteiger partial charge >= 0.3 is 5.69 Å². The average molecular weight is 153 g/mol. The quantitative estimate of drug-likeness (QED) is 0.381. The number of ether oxygens (including phenoxy) is 1. The summed E-state index contributed by atoms with van der Waals surface area (Å²) in [5, 5.41) is 19.2. The summed E-state index contributed by atoms with van der Waals surface area (Å²) in [7, 11) is 0. The highest BCUT2D eigenvalue weighted by Crippen LogP contribution is 2.55. The summed E-state index contributed by atoms with van der Waals surface area (Å²) in [5.74, 6) is 0.288. The molecule has 0 saturated carbocycles. The Kier molecular flexibility index (Phi) is 0.883. The molecule has 1 heterocycles. The zero-order chi connectivity index (χ0) is 8.01. The van der Waals surface area contributed by atoms with Crippen LogP contribution >= 0.6 is 0 Å². The lowest BCUT2D eigenvalue weighted by atomic mass is 10.3. The minimum absolute atomic E-state index is 0.176. The summed E-state index contributed by atoms with van der Waals surface area (Å²) >= 11 is 0. The fourth-order valence-electron chi connectivity index (χ4n) is 0.885. The summed E-state index contributed by atoms with van der Waals surface area (Å²) in [4.78, 5) is 9.58. The van der Waals surface area contributed by atoms with Gasteiger partial charge in [0.2, 0.25) is 0 Å². The normalized spacial score (nSPS) is 11.6. The lowest BCUT2D eigenvalue weighted by Crippen LogP contribution is -1.85. The molecule has 1 aromatic rings. The summed E-state index contributed by atoms with van der Waals surface area (Å²) in [6, 6.07) is 2.72. The van der Waals surface area contributed by atoms with Crippen LogP contribution in [0.25, 0.3) is 0 Å². The Bertz CT molecular complexity index is 343. The molecule has 0 fully saturated rings. The Morgan fingerprint density at radius 3 is 2.82 bits per heavy atom. The Balaban J connectivity index is 2.64. The second-order valence-corrected chi connectivity index (χ2v) is 2.12. The number of fused-ring (bicyclic) bond motifs is 1. The van der Waals surface area contributed by atoms with Gasteiger partial charge in [0.25, 0.3) is 5.75 Å². The van der Waals surface area contributed by atoms with E-state index in [1.807, 2.05) is 0 Å². The molecule has 0 bridgehead atoms. The first-order valence-electron chi connectivity index (χ1n) is 2.88. The lowest BCUT2D eigenvalue weighted by molar-refractivity contribution is -0.385. The van der Waals surface area contributed by atoms with Crippen molar-refractivity contribution in [3.8, 4) is 17.2 Å². The van der Waals surface area contributed by atoms with Crippen molar-refractivity contribution in [1.29, 1.82) is 0 Å². The molecule has 0 unspecified atom stereocenters. The van der Waals surface area contributed by atoms with Crippen molar-refractivity contribution in [2.45, 2.75) is 0 Å². The van der Waals surface area contributed by atoms with Gasteiger partial charge in [-0.1, -0.05) is 0 Å². The van der Waals surface area contributed by atoms with Gasteiger partial charge in [0.05, 0.1) is 4.92 Å². The third kappa shape index (κ3) is 0.706. The molecule has 0 radical (unpaired) electrons. The smallest absolute Gasteiger partial charge is 0.356 e. The molecule has 0 aliphatic carbocycles. The molecule has 0 amide bonds. The van der Waals surface area contributed by atoms with Crippen molar-refractivity contribution in [3.63, 3.8) is 0 Å². The van der Waals surface area contributed by atoms with E-state index >= 15 is 0 Å². The number of phenolic OH excluding ortho intramolecular Hbond substituents is 1. The van der Waals surface area contributed by atoms with Gasteiger partial charge in [-0.15, -0.1) is 0 Å². The summed E-state index contributed by atoms with van der Waals surface area (Å²) in [6.07, 6.45) is 0. The fraction of sp³-hybridized carbons (Fsp3) is 0. The Hall–Kier alpha value is -1.78. The van der Waals surface area contributed by atoms with E-state index < -0.39 is 4.92 Å². The van der Waals surface area contributed by atoms with Crippen molar-refractivity contribution >= 4 is 5.69 Å². The van der Waals surface area contributed by atoms with Crippen LogP contribution in [0.4, 0.5) is 5.69 Å². The topological polar surface area (TPSA) is 75.9 Å². The highest BCUT2D eigenvalue weighted by atomic mass is 16.6. The molecule has 11 heavy (non-hydrogen) atoms. The van der Waals surface area contributed by atoms with Gasteiger partial charge in [-0.2, -0.15) is 0 Å². The zero-order valence-electron chi connectivity index (χ0n) is 5.27. The zero-order valence-corrected chi connectivity index (χ0v) is 5.27. The molecule has 0 aromatic heterocycles. The van der Waals surface area contributed by atoms with E-state index in [2.05, 4.69) is 0 Å². The van der Waals surface area contributed by atoms with Crippen LogP contribution < -0.4 is 4.74 Å². The van der Waals surface area contributed by atoms with Crippen LogP contribution in [-0.4, -0.2) is 10.0 Å². The molecular weight excluding hydrogens is 150 g/mol. The first-order chi connectivity index (χ1) is 5.20. The van der Waals surface area contributed by atoms with Gasteiger partial charge < -0.3 is 9.84 Å². The van der Waals surface area contributed by atoms with Crippen LogP contribution in [0, 0.1) is 10.1 Å². The monoisotopic (exact) mass is 153 g/mol. The van der Waals surface area contributed by atoms with Crippen LogP contribution in [-0.2, 0) is 0 Å². The largest absolute Gasteiger partial charge is 0.502 e. The minimum atomic E-state index is -0.666. The molecule has 0 spiro atoms. The maximum Gasteiger partial charge on any atom is 0.356 e. The van der Waals surface area contributed by atoms with E-state index in [0.717, 1.165) is 0 Å². The van der Waals surface area contributed by atoms with Gasteiger partial charge in [0.1, 0.15) is 0 Å². The van der Waals surface area contributed by atoms with Crippen LogP contribution in [0.1, 0.15) is 0 Å². The SMILES string of the molecule is O=[N+]([O-])c1c(O)ccc2c1O2. The molecule has 5 heteroatoms. The lowest BCUT2D eigenvalue weighted by Gasteiger charge is -1.88. The van der Waals surface area contributed by atoms with Crippen molar-refractivity contribution in [3.05, 3.63) is 22.2 Å². The average Bonchev–Trinajstić information content (AvgIpc) is 2.64. The summed E-state index contributed by atoms with van der Waals surface area (Å²) < 4.78 is 4.71. The predicted molar refractivity (Wildman–Crippen MR) is 34.8 cm³/mol. The maximum absolute atomic E-state index is 10.2. The van der Waals surface area contributed by atoms with Crippen molar-refractivity contribution in [1.82, 2.24) is 0 Å². The van der Waals surface area contributed by atoms with Crippen LogP contribution in [0.5, 0.6) is 17.2 Å². The van der Waals surface area contributed by atoms with Crippen LogP contribution in [0.3, 0.4) is 0 Å². The number of benzene rings is 1. The van der Waals surface area contributed by atoms with Crippen molar-refractivity contribution < 1.29 is 14.8 Å². The van der Waals surface area contributed by atoms with Gasteiger partial charge in [0.15, 0.2) is 11.5 Å². The van der Waals surface area contributed by atoms with E-state index in [4.69, 9.17) is 9.84 Å². The number of nitrogens with zero attached hydrogens (tertiary/aromatic N) is 1. The standard InChI is InChI=1S/C6H3NO4/c8-3-1-2-4-6(11-4)5(3)7(9)10/h1-2,8H. The number of hydrogen-bond donors (Lipinski definition) is 1. The molecule has 1 aromatic carbocycles. The number of hydrogen-bond acceptors (Lipinski definition) is 4. The van der Waals surface area contributed by atoms with E-state index in [1.165, 1.54) is 12.1 Å². The number of nitro groups is 1. The Morgan fingerprint density at radius 2 is 2.27 bits per heavy atom. The fourth-order valence-corrected chi connectivity index (χ4v) is 0.885. The molecule has 0 saturated heterocycles. The highest BCUT2D eigenvalue weighted by molar-refractivity contribution is 5.71. The molecule has 1 N–H and O–H groups in total. The first-order valence-corrected chi connectivity index (χ1v) is 2.88. The van der Waals surface area contributed by atoms with Crippen LogP contribution in [0.2, 0.25) is 0 Å². The predicted octanol–water partition coefficient (Wildman–Crippen LogP) is 1.41. The van der Waals surface area contributed by atoms with E-state index in [1.54, 1.807) is 0 Å². The number of aromatic hydroxyl groups is 1. The third-order valence-electron chi connectivity index (χ3n) is 1.43. The third-order valence-corrected chi connectivity index (χ3v) is 1.43. The van der Waals surface area contributed by atoms with E-state index in [-0.39, 0.29) is 17.2 Å². The van der Waals surface area contributed by atoms with Gasteiger partial charge in [-0.3, -0.25) is 10.1 Å². The maximum atomic E-state index is 10.2. The molecule has 1 aliphatic heterocycles. The number of rotatable bonds is 1. The van der Waals surface area contributed by atoms with E-state index in [9.17, 15) is 10.1 Å².